The fraction of sp³-hybridized carbons (Fsp3) is 0.667. The lowest BCUT2D eigenvalue weighted by Crippen LogP contribution is -2.21. The Labute approximate surface area is 83.5 Å². The Bertz CT molecular complexity index is 233. The van der Waals surface area contributed by atoms with Crippen molar-refractivity contribution in [3.05, 3.63) is 0 Å². The van der Waals surface area contributed by atoms with E-state index in [4.69, 9.17) is 5.26 Å². The number of rotatable bonds is 6. The first kappa shape index (κ1) is 12.4. The van der Waals surface area contributed by atoms with Crippen LogP contribution in [-0.2, 0) is 9.59 Å². The molecular weight excluding hydrogens is 182 g/mol. The van der Waals surface area contributed by atoms with Gasteiger partial charge in [-0.25, -0.2) is 0 Å². The van der Waals surface area contributed by atoms with Crippen molar-refractivity contribution in [2.24, 2.45) is 0 Å². The van der Waals surface area contributed by atoms with Crippen molar-refractivity contribution in [2.75, 3.05) is 6.54 Å². The highest BCUT2D eigenvalue weighted by Crippen LogP contribution is 1.98. The summed E-state index contributed by atoms with van der Waals surface area (Å²) in [5.41, 5.74) is 0. The molecule has 0 fully saturated rings. The molecule has 2 amide bonds. The van der Waals surface area contributed by atoms with Crippen LogP contribution in [0.1, 0.15) is 32.6 Å². The molecular formula is C9H15N3O2. The van der Waals surface area contributed by atoms with E-state index < -0.39 is 0 Å². The molecule has 0 saturated carbocycles. The van der Waals surface area contributed by atoms with Crippen LogP contribution in [0.3, 0.4) is 0 Å². The normalized spacial score (nSPS) is 8.86. The average molecular weight is 197 g/mol. The van der Waals surface area contributed by atoms with E-state index in [0.29, 0.717) is 13.0 Å². The number of hydrogen-bond acceptors (Lipinski definition) is 3. The molecule has 5 heteroatoms. The molecule has 2 N–H and O–H groups in total. The van der Waals surface area contributed by atoms with Crippen molar-refractivity contribution >= 4 is 11.8 Å². The quantitative estimate of drug-likeness (QED) is 0.364. The van der Waals surface area contributed by atoms with Gasteiger partial charge in [-0.05, 0) is 12.8 Å². The zero-order valence-corrected chi connectivity index (χ0v) is 8.30. The van der Waals surface area contributed by atoms with Gasteiger partial charge in [0.1, 0.15) is 0 Å². The third-order valence-corrected chi connectivity index (χ3v) is 1.65. The first-order chi connectivity index (χ1) is 6.66. The van der Waals surface area contributed by atoms with Gasteiger partial charge in [-0.2, -0.15) is 5.26 Å². The summed E-state index contributed by atoms with van der Waals surface area (Å²) in [6.07, 6.45) is 4.42. The van der Waals surface area contributed by atoms with Crippen molar-refractivity contribution in [2.45, 2.75) is 32.6 Å². The van der Waals surface area contributed by atoms with Crippen molar-refractivity contribution in [3.8, 4) is 6.19 Å². The first-order valence-corrected chi connectivity index (χ1v) is 4.59. The predicted octanol–water partition coefficient (Wildman–Crippen LogP) is 0.280. The van der Waals surface area contributed by atoms with Gasteiger partial charge in [0.05, 0.1) is 0 Å². The Morgan fingerprint density at radius 2 is 2.00 bits per heavy atom. The Morgan fingerprint density at radius 1 is 1.29 bits per heavy atom. The Balaban J connectivity index is 3.18. The summed E-state index contributed by atoms with van der Waals surface area (Å²) < 4.78 is 0. The minimum atomic E-state index is -0.243. The zero-order chi connectivity index (χ0) is 10.8. The number of amides is 2. The molecule has 0 heterocycles. The highest BCUT2D eigenvalue weighted by molar-refractivity contribution is 5.77. The van der Waals surface area contributed by atoms with Crippen molar-refractivity contribution < 1.29 is 9.59 Å². The van der Waals surface area contributed by atoms with Crippen LogP contribution in [0.15, 0.2) is 0 Å². The van der Waals surface area contributed by atoms with E-state index in [1.807, 2.05) is 0 Å². The van der Waals surface area contributed by atoms with E-state index in [2.05, 4.69) is 10.6 Å². The van der Waals surface area contributed by atoms with E-state index in [1.165, 1.54) is 6.92 Å². The number of nitriles is 1. The maximum atomic E-state index is 10.8. The van der Waals surface area contributed by atoms with E-state index in [-0.39, 0.29) is 11.8 Å². The molecule has 0 aromatic rings. The van der Waals surface area contributed by atoms with Crippen LogP contribution in [0.25, 0.3) is 0 Å². The number of hydrogen-bond donors (Lipinski definition) is 2. The molecule has 0 rings (SSSR count). The van der Waals surface area contributed by atoms with Crippen molar-refractivity contribution in [1.82, 2.24) is 10.6 Å². The molecule has 78 valence electrons. The van der Waals surface area contributed by atoms with Crippen molar-refractivity contribution in [3.63, 3.8) is 0 Å². The molecule has 0 radical (unpaired) electrons. The second-order valence-electron chi connectivity index (χ2n) is 2.95. The van der Waals surface area contributed by atoms with Gasteiger partial charge in [0, 0.05) is 19.9 Å². The van der Waals surface area contributed by atoms with Gasteiger partial charge in [0.25, 0.3) is 0 Å². The number of carbonyl (C=O) groups is 2. The fourth-order valence-electron chi connectivity index (χ4n) is 0.977. The third-order valence-electron chi connectivity index (χ3n) is 1.65. The summed E-state index contributed by atoms with van der Waals surface area (Å²) in [6.45, 7) is 2.12. The van der Waals surface area contributed by atoms with Crippen LogP contribution in [0.4, 0.5) is 0 Å². The minimum Gasteiger partial charge on any atom is -0.356 e. The zero-order valence-electron chi connectivity index (χ0n) is 8.30. The summed E-state index contributed by atoms with van der Waals surface area (Å²) in [5, 5.41) is 12.8. The SMILES string of the molecule is CC(=O)NCCCCCC(=O)NC#N. The molecule has 0 aliphatic heterocycles. The van der Waals surface area contributed by atoms with Gasteiger partial charge in [0.2, 0.25) is 11.8 Å². The molecule has 0 aliphatic rings. The number of nitrogens with one attached hydrogen (secondary N) is 2. The number of unbranched alkanes of at least 4 members (excludes halogenated alkanes) is 2. The lowest BCUT2D eigenvalue weighted by molar-refractivity contribution is -0.120. The van der Waals surface area contributed by atoms with Crippen LogP contribution in [-0.4, -0.2) is 18.4 Å². The van der Waals surface area contributed by atoms with Gasteiger partial charge in [-0.15, -0.1) is 0 Å². The Morgan fingerprint density at radius 3 is 2.57 bits per heavy atom. The lowest BCUT2D eigenvalue weighted by Gasteiger charge is -2.01. The molecule has 0 unspecified atom stereocenters. The molecule has 0 saturated heterocycles. The van der Waals surface area contributed by atoms with E-state index in [1.54, 1.807) is 6.19 Å². The van der Waals surface area contributed by atoms with Crippen LogP contribution >= 0.6 is 0 Å². The summed E-state index contributed by atoms with van der Waals surface area (Å²) in [7, 11) is 0. The topological polar surface area (TPSA) is 82.0 Å². The maximum absolute atomic E-state index is 10.8. The summed E-state index contributed by atoms with van der Waals surface area (Å²) in [4.78, 5) is 21.2. The van der Waals surface area contributed by atoms with Crippen LogP contribution < -0.4 is 10.6 Å². The van der Waals surface area contributed by atoms with Gasteiger partial charge >= 0.3 is 0 Å². The highest BCUT2D eigenvalue weighted by Gasteiger charge is 1.98. The van der Waals surface area contributed by atoms with E-state index in [9.17, 15) is 9.59 Å². The second-order valence-corrected chi connectivity index (χ2v) is 2.95. The van der Waals surface area contributed by atoms with Gasteiger partial charge < -0.3 is 5.32 Å². The van der Waals surface area contributed by atoms with Crippen molar-refractivity contribution in [1.29, 1.82) is 5.26 Å². The molecule has 0 bridgehead atoms. The predicted molar refractivity (Wildman–Crippen MR) is 50.9 cm³/mol. The second kappa shape index (κ2) is 8.05. The number of carbonyl (C=O) groups excluding carboxylic acids is 2. The van der Waals surface area contributed by atoms with Crippen LogP contribution in [0.5, 0.6) is 0 Å². The van der Waals surface area contributed by atoms with Crippen LogP contribution in [0, 0.1) is 11.5 Å². The number of nitrogens with zero attached hydrogens (tertiary/aromatic N) is 1. The summed E-state index contributed by atoms with van der Waals surface area (Å²) in [5.74, 6) is -0.278. The van der Waals surface area contributed by atoms with E-state index >= 15 is 0 Å². The minimum absolute atomic E-state index is 0.0350. The Kier molecular flexibility index (Phi) is 7.15. The molecule has 0 spiro atoms. The smallest absolute Gasteiger partial charge is 0.232 e. The molecule has 0 aliphatic carbocycles. The molecule has 14 heavy (non-hydrogen) atoms. The van der Waals surface area contributed by atoms with Gasteiger partial charge in [-0.1, -0.05) is 6.42 Å². The molecule has 0 aromatic carbocycles. The highest BCUT2D eigenvalue weighted by atomic mass is 16.2. The molecule has 0 aromatic heterocycles. The van der Waals surface area contributed by atoms with E-state index in [0.717, 1.165) is 19.3 Å². The van der Waals surface area contributed by atoms with Crippen LogP contribution in [0.2, 0.25) is 0 Å². The summed E-state index contributed by atoms with van der Waals surface area (Å²) >= 11 is 0. The van der Waals surface area contributed by atoms with Gasteiger partial charge in [0.15, 0.2) is 6.19 Å². The standard InChI is InChI=1S/C9H15N3O2/c1-8(13)11-6-4-2-3-5-9(14)12-7-10/h2-6H2,1H3,(H,11,13)(H,12,14). The first-order valence-electron chi connectivity index (χ1n) is 4.59. The monoisotopic (exact) mass is 197 g/mol. The molecule has 5 nitrogen and oxygen atoms in total. The van der Waals surface area contributed by atoms with Gasteiger partial charge in [-0.3, -0.25) is 14.9 Å². The fourth-order valence-corrected chi connectivity index (χ4v) is 0.977. The maximum Gasteiger partial charge on any atom is 0.232 e. The average Bonchev–Trinajstić information content (AvgIpc) is 2.11. The lowest BCUT2D eigenvalue weighted by atomic mass is 10.2. The summed E-state index contributed by atoms with van der Waals surface area (Å²) in [6, 6.07) is 0. The third kappa shape index (κ3) is 8.53. The largest absolute Gasteiger partial charge is 0.356 e. The molecule has 0 atom stereocenters. The Hall–Kier alpha value is -1.57.